The maximum atomic E-state index is 11.8. The number of benzene rings is 1. The summed E-state index contributed by atoms with van der Waals surface area (Å²) >= 11 is 0. The zero-order valence-electron chi connectivity index (χ0n) is 12.0. The van der Waals surface area contributed by atoms with Gasteiger partial charge in [0.25, 0.3) is 0 Å². The lowest BCUT2D eigenvalue weighted by Gasteiger charge is -2.25. The molecule has 0 bridgehead atoms. The van der Waals surface area contributed by atoms with Gasteiger partial charge in [-0.1, -0.05) is 58.9 Å². The fraction of sp³-hybridized carbons (Fsp3) is 0.562. The van der Waals surface area contributed by atoms with Crippen molar-refractivity contribution in [1.29, 1.82) is 0 Å². The molecule has 0 radical (unpaired) electrons. The van der Waals surface area contributed by atoms with Gasteiger partial charge in [-0.25, -0.2) is 0 Å². The van der Waals surface area contributed by atoms with Gasteiger partial charge in [0.2, 0.25) is 5.91 Å². The van der Waals surface area contributed by atoms with Crippen molar-refractivity contribution < 1.29 is 4.79 Å². The first-order chi connectivity index (χ1) is 8.23. The fourth-order valence-electron chi connectivity index (χ4n) is 2.59. The molecular formula is C16H23NO. The third-order valence-electron chi connectivity index (χ3n) is 4.10. The summed E-state index contributed by atoms with van der Waals surface area (Å²) < 4.78 is 0. The topological polar surface area (TPSA) is 29.1 Å². The summed E-state index contributed by atoms with van der Waals surface area (Å²) in [5.74, 6) is 0.436. The average molecular weight is 245 g/mol. The van der Waals surface area contributed by atoms with E-state index in [1.807, 2.05) is 13.8 Å². The molecule has 1 aliphatic rings. The van der Waals surface area contributed by atoms with Crippen LogP contribution in [0.1, 0.15) is 51.7 Å². The Hall–Kier alpha value is -1.31. The molecule has 0 saturated carbocycles. The van der Waals surface area contributed by atoms with Crippen LogP contribution < -0.4 is 5.32 Å². The van der Waals surface area contributed by atoms with E-state index in [9.17, 15) is 4.79 Å². The largest absolute Gasteiger partial charge is 0.355 e. The van der Waals surface area contributed by atoms with E-state index in [2.05, 4.69) is 50.4 Å². The van der Waals surface area contributed by atoms with Crippen molar-refractivity contribution in [2.45, 2.75) is 46.0 Å². The number of rotatable bonds is 1. The Morgan fingerprint density at radius 2 is 1.72 bits per heavy atom. The highest BCUT2D eigenvalue weighted by molar-refractivity contribution is 5.85. The number of nitrogens with one attached hydrogen (secondary N) is 1. The normalized spacial score (nSPS) is 22.9. The lowest BCUT2D eigenvalue weighted by Crippen LogP contribution is -2.27. The Balaban J connectivity index is 2.29. The van der Waals surface area contributed by atoms with Crippen molar-refractivity contribution in [3.8, 4) is 0 Å². The quantitative estimate of drug-likeness (QED) is 0.808. The van der Waals surface area contributed by atoms with Crippen molar-refractivity contribution in [1.82, 2.24) is 5.32 Å². The summed E-state index contributed by atoms with van der Waals surface area (Å²) in [4.78, 5) is 11.8. The Kier molecular flexibility index (Phi) is 3.00. The molecule has 2 nitrogen and oxygen atoms in total. The summed E-state index contributed by atoms with van der Waals surface area (Å²) in [6, 6.07) is 8.73. The zero-order chi connectivity index (χ0) is 13.6. The first-order valence-electron chi connectivity index (χ1n) is 6.61. The Bertz CT molecular complexity index is 451. The highest BCUT2D eigenvalue weighted by atomic mass is 16.2. The molecule has 1 amide bonds. The second-order valence-electron chi connectivity index (χ2n) is 6.86. The van der Waals surface area contributed by atoms with E-state index < -0.39 is 0 Å². The highest BCUT2D eigenvalue weighted by Crippen LogP contribution is 2.39. The summed E-state index contributed by atoms with van der Waals surface area (Å²) in [6.45, 7) is 11.4. The highest BCUT2D eigenvalue weighted by Gasteiger charge is 2.42. The Morgan fingerprint density at radius 3 is 2.11 bits per heavy atom. The Morgan fingerprint density at radius 1 is 1.17 bits per heavy atom. The van der Waals surface area contributed by atoms with Gasteiger partial charge in [-0.2, -0.15) is 0 Å². The molecule has 1 fully saturated rings. The maximum Gasteiger partial charge on any atom is 0.226 e. The van der Waals surface area contributed by atoms with E-state index in [1.165, 1.54) is 11.1 Å². The third kappa shape index (κ3) is 2.16. The monoisotopic (exact) mass is 245 g/mol. The van der Waals surface area contributed by atoms with Crippen LogP contribution in [0.3, 0.4) is 0 Å². The van der Waals surface area contributed by atoms with E-state index >= 15 is 0 Å². The fourth-order valence-corrected chi connectivity index (χ4v) is 2.59. The van der Waals surface area contributed by atoms with Crippen LogP contribution in [0, 0.1) is 5.41 Å². The molecule has 1 unspecified atom stereocenters. The van der Waals surface area contributed by atoms with Crippen LogP contribution in [0.5, 0.6) is 0 Å². The predicted octanol–water partition coefficient (Wildman–Crippen LogP) is 3.22. The number of carbonyl (C=O) groups excluding carboxylic acids is 1. The van der Waals surface area contributed by atoms with Crippen LogP contribution in [0.15, 0.2) is 24.3 Å². The molecule has 2 heteroatoms. The molecule has 1 saturated heterocycles. The molecule has 1 N–H and O–H groups in total. The van der Waals surface area contributed by atoms with Gasteiger partial charge in [-0.15, -0.1) is 0 Å². The number of carbonyl (C=O) groups is 1. The van der Waals surface area contributed by atoms with Gasteiger partial charge in [0, 0.05) is 12.5 Å². The van der Waals surface area contributed by atoms with Crippen LogP contribution >= 0.6 is 0 Å². The van der Waals surface area contributed by atoms with Crippen molar-refractivity contribution in [2.24, 2.45) is 5.41 Å². The van der Waals surface area contributed by atoms with Gasteiger partial charge in [-0.3, -0.25) is 4.79 Å². The molecule has 1 aromatic carbocycles. The molecule has 1 heterocycles. The summed E-state index contributed by atoms with van der Waals surface area (Å²) in [6.07, 6.45) is 0. The number of amides is 1. The van der Waals surface area contributed by atoms with E-state index in [4.69, 9.17) is 0 Å². The minimum atomic E-state index is -0.302. The van der Waals surface area contributed by atoms with Crippen molar-refractivity contribution in [3.63, 3.8) is 0 Å². The van der Waals surface area contributed by atoms with Gasteiger partial charge < -0.3 is 5.32 Å². The number of hydrogen-bond acceptors (Lipinski definition) is 1. The van der Waals surface area contributed by atoms with Gasteiger partial charge in [0.1, 0.15) is 0 Å². The number of hydrogen-bond donors (Lipinski definition) is 1. The summed E-state index contributed by atoms with van der Waals surface area (Å²) in [5.41, 5.74) is 2.47. The zero-order valence-corrected chi connectivity index (χ0v) is 12.0. The van der Waals surface area contributed by atoms with Crippen LogP contribution in [0.25, 0.3) is 0 Å². The molecule has 18 heavy (non-hydrogen) atoms. The molecule has 2 rings (SSSR count). The van der Waals surface area contributed by atoms with E-state index in [0.717, 1.165) is 6.54 Å². The minimum absolute atomic E-state index is 0.160. The lowest BCUT2D eigenvalue weighted by atomic mass is 9.76. The standard InChI is InChI=1S/C16H23NO/c1-15(2,3)12-8-6-11(7-9-12)13-10-17-14(18)16(13,4)5/h6-9,13H,10H2,1-5H3,(H,17,18). The lowest BCUT2D eigenvalue weighted by molar-refractivity contribution is -0.126. The molecule has 0 aromatic heterocycles. The first-order valence-corrected chi connectivity index (χ1v) is 6.61. The van der Waals surface area contributed by atoms with Crippen molar-refractivity contribution in [2.75, 3.05) is 6.54 Å². The van der Waals surface area contributed by atoms with Crippen LogP contribution in [-0.4, -0.2) is 12.5 Å². The molecule has 1 aromatic rings. The smallest absolute Gasteiger partial charge is 0.226 e. The minimum Gasteiger partial charge on any atom is -0.355 e. The second kappa shape index (κ2) is 4.11. The van der Waals surface area contributed by atoms with Crippen LogP contribution in [-0.2, 0) is 10.2 Å². The molecule has 1 aliphatic heterocycles. The molecule has 0 spiro atoms. The van der Waals surface area contributed by atoms with E-state index in [0.29, 0.717) is 0 Å². The van der Waals surface area contributed by atoms with Gasteiger partial charge in [-0.05, 0) is 16.5 Å². The third-order valence-corrected chi connectivity index (χ3v) is 4.10. The van der Waals surface area contributed by atoms with E-state index in [-0.39, 0.29) is 22.7 Å². The molecule has 98 valence electrons. The first kappa shape index (κ1) is 13.1. The summed E-state index contributed by atoms with van der Waals surface area (Å²) in [5, 5.41) is 2.96. The SMILES string of the molecule is CC(C)(C)c1ccc(C2CNC(=O)C2(C)C)cc1. The van der Waals surface area contributed by atoms with Crippen LogP contribution in [0.2, 0.25) is 0 Å². The van der Waals surface area contributed by atoms with Gasteiger partial charge >= 0.3 is 0 Å². The van der Waals surface area contributed by atoms with E-state index in [1.54, 1.807) is 0 Å². The maximum absolute atomic E-state index is 11.8. The van der Waals surface area contributed by atoms with Gasteiger partial charge in [0.05, 0.1) is 5.41 Å². The van der Waals surface area contributed by atoms with Crippen molar-refractivity contribution in [3.05, 3.63) is 35.4 Å². The average Bonchev–Trinajstić information content (AvgIpc) is 2.53. The second-order valence-corrected chi connectivity index (χ2v) is 6.86. The molecule has 1 atom stereocenters. The summed E-state index contributed by atoms with van der Waals surface area (Å²) in [7, 11) is 0. The van der Waals surface area contributed by atoms with Crippen LogP contribution in [0.4, 0.5) is 0 Å². The molecule has 0 aliphatic carbocycles. The van der Waals surface area contributed by atoms with Gasteiger partial charge in [0.15, 0.2) is 0 Å². The molecular weight excluding hydrogens is 222 g/mol. The predicted molar refractivity (Wildman–Crippen MR) is 74.7 cm³/mol. The van der Waals surface area contributed by atoms with Crippen molar-refractivity contribution >= 4 is 5.91 Å². The Labute approximate surface area is 110 Å².